The average Bonchev–Trinajstić information content (AvgIpc) is 2.54. The maximum absolute atomic E-state index is 12.6. The van der Waals surface area contributed by atoms with Crippen molar-refractivity contribution in [3.05, 3.63) is 59.7 Å². The second kappa shape index (κ2) is 7.01. The number of rotatable bonds is 3. The van der Waals surface area contributed by atoms with Crippen LogP contribution in [0.5, 0.6) is 0 Å². The fourth-order valence-corrected chi connectivity index (χ4v) is 1.93. The van der Waals surface area contributed by atoms with Crippen molar-refractivity contribution in [1.29, 1.82) is 0 Å². The topological polar surface area (TPSA) is 96.2 Å². The number of amides is 3. The molecule has 0 atom stereocenters. The number of anilines is 2. The van der Waals surface area contributed by atoms with Gasteiger partial charge in [-0.2, -0.15) is 13.2 Å². The highest BCUT2D eigenvalue weighted by molar-refractivity contribution is 6.06. The predicted octanol–water partition coefficient (Wildman–Crippen LogP) is 2.95. The Hall–Kier alpha value is -3.07. The third kappa shape index (κ3) is 4.23. The summed E-state index contributed by atoms with van der Waals surface area (Å²) in [6.45, 7) is 0. The SMILES string of the molecule is NNC(=O)c1ccccc1NC(=O)Nc1cccc(C(F)(F)F)c1. The monoisotopic (exact) mass is 338 g/mol. The summed E-state index contributed by atoms with van der Waals surface area (Å²) in [5.41, 5.74) is 1.28. The molecule has 0 aliphatic heterocycles. The molecule has 24 heavy (non-hydrogen) atoms. The van der Waals surface area contributed by atoms with E-state index in [1.165, 1.54) is 24.3 Å². The molecule has 0 fully saturated rings. The smallest absolute Gasteiger partial charge is 0.308 e. The molecule has 2 aromatic rings. The minimum Gasteiger partial charge on any atom is -0.308 e. The van der Waals surface area contributed by atoms with Crippen molar-refractivity contribution in [1.82, 2.24) is 5.43 Å². The summed E-state index contributed by atoms with van der Waals surface area (Å²) in [6, 6.07) is 9.42. The zero-order valence-electron chi connectivity index (χ0n) is 12.1. The van der Waals surface area contributed by atoms with Crippen molar-refractivity contribution < 1.29 is 22.8 Å². The number of carbonyl (C=O) groups excluding carboxylic acids is 2. The molecule has 0 saturated carbocycles. The fourth-order valence-electron chi connectivity index (χ4n) is 1.93. The first-order valence-corrected chi connectivity index (χ1v) is 6.66. The third-order valence-electron chi connectivity index (χ3n) is 3.00. The number of nitrogens with two attached hydrogens (primary N) is 1. The lowest BCUT2D eigenvalue weighted by molar-refractivity contribution is -0.137. The predicted molar refractivity (Wildman–Crippen MR) is 82.2 cm³/mol. The van der Waals surface area contributed by atoms with Crippen LogP contribution in [0.25, 0.3) is 0 Å². The molecule has 0 saturated heterocycles. The van der Waals surface area contributed by atoms with Crippen LogP contribution in [0.1, 0.15) is 15.9 Å². The molecular weight excluding hydrogens is 325 g/mol. The second-order valence-corrected chi connectivity index (χ2v) is 4.68. The van der Waals surface area contributed by atoms with Gasteiger partial charge in [-0.15, -0.1) is 0 Å². The molecule has 0 spiro atoms. The van der Waals surface area contributed by atoms with Crippen LogP contribution in [-0.2, 0) is 6.18 Å². The van der Waals surface area contributed by atoms with E-state index < -0.39 is 23.7 Å². The van der Waals surface area contributed by atoms with E-state index >= 15 is 0 Å². The molecule has 5 N–H and O–H groups in total. The van der Waals surface area contributed by atoms with E-state index in [2.05, 4.69) is 10.6 Å². The molecule has 126 valence electrons. The van der Waals surface area contributed by atoms with Crippen LogP contribution in [-0.4, -0.2) is 11.9 Å². The summed E-state index contributed by atoms with van der Waals surface area (Å²) >= 11 is 0. The van der Waals surface area contributed by atoms with Crippen molar-refractivity contribution in [3.63, 3.8) is 0 Å². The summed E-state index contributed by atoms with van der Waals surface area (Å²) < 4.78 is 37.9. The Bertz CT molecular complexity index is 762. The summed E-state index contributed by atoms with van der Waals surface area (Å²) in [6.07, 6.45) is -4.51. The van der Waals surface area contributed by atoms with Gasteiger partial charge in [0.1, 0.15) is 0 Å². The van der Waals surface area contributed by atoms with Gasteiger partial charge in [0.25, 0.3) is 5.91 Å². The molecule has 0 unspecified atom stereocenters. The number of nitrogen functional groups attached to an aromatic ring is 1. The van der Waals surface area contributed by atoms with Gasteiger partial charge in [-0.05, 0) is 30.3 Å². The zero-order chi connectivity index (χ0) is 17.7. The second-order valence-electron chi connectivity index (χ2n) is 4.68. The largest absolute Gasteiger partial charge is 0.416 e. The van der Waals surface area contributed by atoms with E-state index in [-0.39, 0.29) is 16.9 Å². The van der Waals surface area contributed by atoms with Gasteiger partial charge >= 0.3 is 12.2 Å². The molecule has 0 aromatic heterocycles. The molecule has 0 heterocycles. The number of hydrazine groups is 1. The lowest BCUT2D eigenvalue weighted by Crippen LogP contribution is -2.31. The van der Waals surface area contributed by atoms with Crippen LogP contribution < -0.4 is 21.9 Å². The van der Waals surface area contributed by atoms with Gasteiger partial charge in [0.2, 0.25) is 0 Å². The van der Waals surface area contributed by atoms with E-state index in [9.17, 15) is 22.8 Å². The summed E-state index contributed by atoms with van der Waals surface area (Å²) in [5, 5.41) is 4.66. The summed E-state index contributed by atoms with van der Waals surface area (Å²) in [5.74, 6) is 4.43. The number of halogens is 3. The maximum atomic E-state index is 12.6. The highest BCUT2D eigenvalue weighted by Gasteiger charge is 2.30. The molecule has 2 aromatic carbocycles. The van der Waals surface area contributed by atoms with E-state index in [4.69, 9.17) is 5.84 Å². The Balaban J connectivity index is 2.14. The number of alkyl halides is 3. The first-order chi connectivity index (χ1) is 11.3. The van der Waals surface area contributed by atoms with Gasteiger partial charge in [0.15, 0.2) is 0 Å². The normalized spacial score (nSPS) is 10.8. The molecule has 0 radical (unpaired) electrons. The Labute approximate surface area is 134 Å². The van der Waals surface area contributed by atoms with Crippen molar-refractivity contribution in [3.8, 4) is 0 Å². The van der Waals surface area contributed by atoms with Gasteiger partial charge in [-0.1, -0.05) is 18.2 Å². The number of benzene rings is 2. The summed E-state index contributed by atoms with van der Waals surface area (Å²) in [7, 11) is 0. The van der Waals surface area contributed by atoms with Crippen molar-refractivity contribution in [2.45, 2.75) is 6.18 Å². The molecule has 3 amide bonds. The minimum absolute atomic E-state index is 0.0388. The molecule has 0 aliphatic rings. The number of carbonyl (C=O) groups is 2. The maximum Gasteiger partial charge on any atom is 0.416 e. The van der Waals surface area contributed by atoms with E-state index in [1.54, 1.807) is 12.1 Å². The molecule has 9 heteroatoms. The van der Waals surface area contributed by atoms with Crippen LogP contribution in [0.3, 0.4) is 0 Å². The molecule has 0 aliphatic carbocycles. The zero-order valence-corrected chi connectivity index (χ0v) is 12.1. The first kappa shape index (κ1) is 17.3. The van der Waals surface area contributed by atoms with Crippen molar-refractivity contribution in [2.24, 2.45) is 5.84 Å². The minimum atomic E-state index is -4.51. The van der Waals surface area contributed by atoms with Gasteiger partial charge in [0.05, 0.1) is 16.8 Å². The van der Waals surface area contributed by atoms with Crippen LogP contribution in [0.2, 0.25) is 0 Å². The van der Waals surface area contributed by atoms with Gasteiger partial charge in [-0.3, -0.25) is 10.2 Å². The third-order valence-corrected chi connectivity index (χ3v) is 3.00. The average molecular weight is 338 g/mol. The highest BCUT2D eigenvalue weighted by atomic mass is 19.4. The molecule has 2 rings (SSSR count). The Morgan fingerprint density at radius 3 is 2.33 bits per heavy atom. The number of urea groups is 1. The van der Waals surface area contributed by atoms with Crippen LogP contribution >= 0.6 is 0 Å². The number of nitrogens with one attached hydrogen (secondary N) is 3. The lowest BCUT2D eigenvalue weighted by Gasteiger charge is -2.12. The number of para-hydroxylation sites is 1. The summed E-state index contributed by atoms with van der Waals surface area (Å²) in [4.78, 5) is 23.5. The van der Waals surface area contributed by atoms with E-state index in [1.807, 2.05) is 5.43 Å². The van der Waals surface area contributed by atoms with Crippen LogP contribution in [0, 0.1) is 0 Å². The Morgan fingerprint density at radius 1 is 0.958 bits per heavy atom. The van der Waals surface area contributed by atoms with Gasteiger partial charge in [-0.25, -0.2) is 10.6 Å². The quantitative estimate of drug-likeness (QED) is 0.393. The number of hydrogen-bond acceptors (Lipinski definition) is 3. The standard InChI is InChI=1S/C15H13F3N4O2/c16-15(17,18)9-4-3-5-10(8-9)20-14(24)21-12-7-2-1-6-11(12)13(23)22-19/h1-8H,19H2,(H,22,23)(H2,20,21,24). The van der Waals surface area contributed by atoms with Crippen LogP contribution in [0.15, 0.2) is 48.5 Å². The van der Waals surface area contributed by atoms with Gasteiger partial charge in [0, 0.05) is 5.69 Å². The van der Waals surface area contributed by atoms with Gasteiger partial charge < -0.3 is 10.6 Å². The lowest BCUT2D eigenvalue weighted by atomic mass is 10.1. The Morgan fingerprint density at radius 2 is 1.67 bits per heavy atom. The van der Waals surface area contributed by atoms with Crippen molar-refractivity contribution in [2.75, 3.05) is 10.6 Å². The molecule has 0 bridgehead atoms. The molecular formula is C15H13F3N4O2. The first-order valence-electron chi connectivity index (χ1n) is 6.66. The number of hydrogen-bond donors (Lipinski definition) is 4. The van der Waals surface area contributed by atoms with Crippen LogP contribution in [0.4, 0.5) is 29.3 Å². The Kier molecular flexibility index (Phi) is 5.05. The fraction of sp³-hybridized carbons (Fsp3) is 0.0667. The molecule has 6 nitrogen and oxygen atoms in total. The van der Waals surface area contributed by atoms with E-state index in [0.717, 1.165) is 12.1 Å². The highest BCUT2D eigenvalue weighted by Crippen LogP contribution is 2.30. The van der Waals surface area contributed by atoms with Crippen molar-refractivity contribution >= 4 is 23.3 Å². The van der Waals surface area contributed by atoms with E-state index in [0.29, 0.717) is 0 Å².